The van der Waals surface area contributed by atoms with Gasteiger partial charge in [0, 0.05) is 6.08 Å². The molecular weight excluding hydrogens is 306 g/mol. The molecule has 2 heterocycles. The highest BCUT2D eigenvalue weighted by Gasteiger charge is 2.12. The lowest BCUT2D eigenvalue weighted by atomic mass is 10.1. The van der Waals surface area contributed by atoms with Gasteiger partial charge in [0.2, 0.25) is 0 Å². The zero-order valence-corrected chi connectivity index (χ0v) is 13.6. The van der Waals surface area contributed by atoms with E-state index in [1.165, 1.54) is 24.2 Å². The van der Waals surface area contributed by atoms with Gasteiger partial charge in [-0.1, -0.05) is 12.1 Å². The predicted octanol–water partition coefficient (Wildman–Crippen LogP) is 1.85. The van der Waals surface area contributed by atoms with Gasteiger partial charge in [-0.2, -0.15) is 5.10 Å². The van der Waals surface area contributed by atoms with E-state index >= 15 is 0 Å². The van der Waals surface area contributed by atoms with Crippen LogP contribution in [0.15, 0.2) is 47.7 Å². The van der Waals surface area contributed by atoms with Gasteiger partial charge in [0.1, 0.15) is 11.7 Å². The van der Waals surface area contributed by atoms with E-state index in [4.69, 9.17) is 0 Å². The highest BCUT2D eigenvalue weighted by atomic mass is 16.2. The molecule has 1 N–H and O–H groups in total. The summed E-state index contributed by atoms with van der Waals surface area (Å²) in [6.45, 7) is 5.77. The van der Waals surface area contributed by atoms with E-state index in [9.17, 15) is 9.59 Å². The van der Waals surface area contributed by atoms with Crippen LogP contribution in [0.4, 0.5) is 0 Å². The van der Waals surface area contributed by atoms with Crippen molar-refractivity contribution < 1.29 is 4.79 Å². The molecule has 0 aliphatic heterocycles. The van der Waals surface area contributed by atoms with E-state index in [0.717, 1.165) is 15.9 Å². The monoisotopic (exact) mass is 323 g/mol. The summed E-state index contributed by atoms with van der Waals surface area (Å²) in [6, 6.07) is 5.91. The van der Waals surface area contributed by atoms with Crippen LogP contribution >= 0.6 is 0 Å². The van der Waals surface area contributed by atoms with Gasteiger partial charge < -0.3 is 0 Å². The lowest BCUT2D eigenvalue weighted by Crippen LogP contribution is -2.32. The van der Waals surface area contributed by atoms with Gasteiger partial charge in [-0.3, -0.25) is 15.0 Å². The molecule has 7 nitrogen and oxygen atoms in total. The summed E-state index contributed by atoms with van der Waals surface area (Å²) in [5.74, 6) is -0.401. The summed E-state index contributed by atoms with van der Waals surface area (Å²) in [4.78, 5) is 28.3. The number of rotatable bonds is 3. The second kappa shape index (κ2) is 6.11. The van der Waals surface area contributed by atoms with Gasteiger partial charge in [0.05, 0.1) is 11.9 Å². The van der Waals surface area contributed by atoms with E-state index < -0.39 is 5.91 Å². The first kappa shape index (κ1) is 15.7. The van der Waals surface area contributed by atoms with Crippen LogP contribution in [-0.2, 0) is 4.79 Å². The number of fused-ring (bicyclic) bond motifs is 1. The number of amides is 1. The SMILES string of the molecule is C/C=C/C(=O)Nn1cnc2c(cnn2-c2ccc(C)c(C)c2)c1=O. The fraction of sp³-hybridized carbons (Fsp3) is 0.176. The van der Waals surface area contributed by atoms with Gasteiger partial charge in [-0.25, -0.2) is 14.3 Å². The van der Waals surface area contributed by atoms with Crippen molar-refractivity contribution in [3.05, 3.63) is 64.4 Å². The summed E-state index contributed by atoms with van der Waals surface area (Å²) in [7, 11) is 0. The molecule has 2 aromatic heterocycles. The molecule has 1 aromatic carbocycles. The minimum atomic E-state index is -0.401. The Hall–Kier alpha value is -3.22. The number of aryl methyl sites for hydroxylation is 2. The molecule has 0 spiro atoms. The average molecular weight is 323 g/mol. The Kier molecular flexibility index (Phi) is 3.99. The van der Waals surface area contributed by atoms with E-state index in [1.54, 1.807) is 17.7 Å². The number of carbonyl (C=O) groups excluding carboxylic acids is 1. The molecule has 3 aromatic rings. The first-order valence-corrected chi connectivity index (χ1v) is 7.48. The summed E-state index contributed by atoms with van der Waals surface area (Å²) in [5, 5.41) is 4.60. The molecule has 1 amide bonds. The number of nitrogens with one attached hydrogen (secondary N) is 1. The van der Waals surface area contributed by atoms with Crippen molar-refractivity contribution in [2.75, 3.05) is 5.43 Å². The molecular formula is C17H17N5O2. The zero-order valence-electron chi connectivity index (χ0n) is 13.6. The minimum Gasteiger partial charge on any atom is -0.268 e. The summed E-state index contributed by atoms with van der Waals surface area (Å²) in [6.07, 6.45) is 5.66. The molecule has 0 unspecified atom stereocenters. The van der Waals surface area contributed by atoms with Crippen molar-refractivity contribution in [2.45, 2.75) is 20.8 Å². The van der Waals surface area contributed by atoms with Gasteiger partial charge in [0.15, 0.2) is 5.65 Å². The van der Waals surface area contributed by atoms with Crippen molar-refractivity contribution in [1.82, 2.24) is 19.4 Å². The third-order valence-electron chi connectivity index (χ3n) is 3.77. The Morgan fingerprint density at radius 2 is 2.04 bits per heavy atom. The van der Waals surface area contributed by atoms with Gasteiger partial charge in [0.25, 0.3) is 11.5 Å². The molecule has 0 atom stereocenters. The molecule has 3 rings (SSSR count). The number of hydrogen-bond acceptors (Lipinski definition) is 4. The second-order valence-corrected chi connectivity index (χ2v) is 5.46. The normalized spacial score (nSPS) is 11.3. The number of benzene rings is 1. The Morgan fingerprint density at radius 3 is 2.75 bits per heavy atom. The smallest absolute Gasteiger partial charge is 0.268 e. The topological polar surface area (TPSA) is 81.8 Å². The third-order valence-corrected chi connectivity index (χ3v) is 3.77. The molecule has 7 heteroatoms. The lowest BCUT2D eigenvalue weighted by Gasteiger charge is -2.07. The molecule has 24 heavy (non-hydrogen) atoms. The van der Waals surface area contributed by atoms with Crippen LogP contribution in [-0.4, -0.2) is 25.3 Å². The van der Waals surface area contributed by atoms with Crippen LogP contribution in [0.2, 0.25) is 0 Å². The standard InChI is InChI=1S/C17H17N5O2/c1-4-5-15(23)20-21-10-18-16-14(17(21)24)9-19-22(16)13-7-6-11(2)12(3)8-13/h4-10H,1-3H3,(H,20,23)/b5-4+. The van der Waals surface area contributed by atoms with Crippen LogP contribution < -0.4 is 11.0 Å². The molecule has 0 fully saturated rings. The first-order valence-electron chi connectivity index (χ1n) is 7.48. The first-order chi connectivity index (χ1) is 11.5. The predicted molar refractivity (Wildman–Crippen MR) is 91.8 cm³/mol. The van der Waals surface area contributed by atoms with Crippen LogP contribution in [0.3, 0.4) is 0 Å². The summed E-state index contributed by atoms with van der Waals surface area (Å²) < 4.78 is 2.67. The van der Waals surface area contributed by atoms with Gasteiger partial charge in [-0.15, -0.1) is 0 Å². The van der Waals surface area contributed by atoms with E-state index in [2.05, 4.69) is 15.5 Å². The van der Waals surface area contributed by atoms with E-state index in [-0.39, 0.29) is 5.56 Å². The third kappa shape index (κ3) is 2.71. The molecule has 0 radical (unpaired) electrons. The highest BCUT2D eigenvalue weighted by Crippen LogP contribution is 2.16. The molecule has 0 saturated heterocycles. The van der Waals surface area contributed by atoms with Crippen LogP contribution in [0.1, 0.15) is 18.1 Å². The number of allylic oxidation sites excluding steroid dienone is 1. The quantitative estimate of drug-likeness (QED) is 0.746. The van der Waals surface area contributed by atoms with Crippen LogP contribution in [0.5, 0.6) is 0 Å². The maximum atomic E-state index is 12.5. The lowest BCUT2D eigenvalue weighted by molar-refractivity contribution is -0.112. The van der Waals surface area contributed by atoms with Crippen molar-refractivity contribution in [2.24, 2.45) is 0 Å². The van der Waals surface area contributed by atoms with Gasteiger partial charge >= 0.3 is 0 Å². The number of nitrogens with zero attached hydrogens (tertiary/aromatic N) is 4. The van der Waals surface area contributed by atoms with E-state index in [1.807, 2.05) is 32.0 Å². The van der Waals surface area contributed by atoms with Crippen molar-refractivity contribution >= 4 is 16.9 Å². The number of hydrogen-bond donors (Lipinski definition) is 1. The second-order valence-electron chi connectivity index (χ2n) is 5.46. The Morgan fingerprint density at radius 1 is 1.25 bits per heavy atom. The Bertz CT molecular complexity index is 1010. The number of carbonyl (C=O) groups is 1. The van der Waals surface area contributed by atoms with Crippen molar-refractivity contribution in [3.8, 4) is 5.69 Å². The molecule has 0 saturated carbocycles. The molecule has 0 bridgehead atoms. The Labute approximate surface area is 138 Å². The van der Waals surface area contributed by atoms with E-state index in [0.29, 0.717) is 11.0 Å². The van der Waals surface area contributed by atoms with Crippen LogP contribution in [0.25, 0.3) is 16.7 Å². The molecule has 122 valence electrons. The maximum Gasteiger partial charge on any atom is 0.283 e. The van der Waals surface area contributed by atoms with Crippen molar-refractivity contribution in [3.63, 3.8) is 0 Å². The van der Waals surface area contributed by atoms with Crippen molar-refractivity contribution in [1.29, 1.82) is 0 Å². The molecule has 0 aliphatic rings. The minimum absolute atomic E-state index is 0.330. The van der Waals surface area contributed by atoms with Crippen LogP contribution in [0, 0.1) is 13.8 Å². The number of aromatic nitrogens is 4. The highest BCUT2D eigenvalue weighted by molar-refractivity contribution is 5.94. The maximum absolute atomic E-state index is 12.5. The molecule has 0 aliphatic carbocycles. The largest absolute Gasteiger partial charge is 0.283 e. The zero-order chi connectivity index (χ0) is 17.3. The summed E-state index contributed by atoms with van der Waals surface area (Å²) in [5.41, 5.74) is 5.65. The fourth-order valence-corrected chi connectivity index (χ4v) is 2.35. The Balaban J connectivity index is 2.08. The van der Waals surface area contributed by atoms with Gasteiger partial charge in [-0.05, 0) is 44.0 Å². The summed E-state index contributed by atoms with van der Waals surface area (Å²) >= 11 is 0. The average Bonchev–Trinajstić information content (AvgIpc) is 2.98. The fourth-order valence-electron chi connectivity index (χ4n) is 2.35.